The van der Waals surface area contributed by atoms with Crippen molar-refractivity contribution in [3.63, 3.8) is 0 Å². The Bertz CT molecular complexity index is 3990. The van der Waals surface area contributed by atoms with Gasteiger partial charge in [-0.25, -0.2) is 4.98 Å². The zero-order valence-corrected chi connectivity index (χ0v) is 54.8. The Morgan fingerprint density at radius 1 is 0.452 bits per heavy atom. The van der Waals surface area contributed by atoms with Crippen molar-refractivity contribution in [2.75, 3.05) is 9.80 Å². The van der Waals surface area contributed by atoms with Gasteiger partial charge in [-0.1, -0.05) is 226 Å². The van der Waals surface area contributed by atoms with Crippen molar-refractivity contribution < 1.29 is 25.8 Å². The number of benzene rings is 8. The summed E-state index contributed by atoms with van der Waals surface area (Å²) in [5.41, 5.74) is 19.1. The third-order valence-corrected chi connectivity index (χ3v) is 17.6. The summed E-state index contributed by atoms with van der Waals surface area (Å²) in [7, 11) is 0. The molecule has 434 valence electrons. The van der Waals surface area contributed by atoms with Gasteiger partial charge in [0.1, 0.15) is 5.82 Å². The van der Waals surface area contributed by atoms with E-state index in [9.17, 15) is 0 Å². The number of nitrogens with zero attached hydrogens (tertiary/aromatic N) is 4. The van der Waals surface area contributed by atoms with E-state index in [2.05, 4.69) is 321 Å². The quantitative estimate of drug-likeness (QED) is 0.114. The van der Waals surface area contributed by atoms with Crippen LogP contribution in [0.15, 0.2) is 176 Å². The van der Waals surface area contributed by atoms with Crippen LogP contribution in [0.4, 0.5) is 22.7 Å². The Labute approximate surface area is 516 Å². The molecular formula is C78H83N4OPt-3. The maximum absolute atomic E-state index is 7.28. The van der Waals surface area contributed by atoms with Gasteiger partial charge in [0, 0.05) is 72.2 Å². The minimum atomic E-state index is -0.288. The zero-order chi connectivity index (χ0) is 59.1. The molecule has 8 aromatic carbocycles. The summed E-state index contributed by atoms with van der Waals surface area (Å²) < 4.78 is 9.57. The molecule has 0 aliphatic carbocycles. The van der Waals surface area contributed by atoms with Crippen molar-refractivity contribution in [3.8, 4) is 28.4 Å². The van der Waals surface area contributed by atoms with Crippen LogP contribution in [0.2, 0.25) is 0 Å². The molecule has 0 atom stereocenters. The van der Waals surface area contributed by atoms with E-state index in [1.807, 2.05) is 6.20 Å². The number of aromatic nitrogens is 2. The van der Waals surface area contributed by atoms with Gasteiger partial charge in [-0.15, -0.1) is 53.6 Å². The molecule has 3 heterocycles. The maximum Gasteiger partial charge on any atom is 0.135 e. The molecule has 0 saturated carbocycles. The Kier molecular flexibility index (Phi) is 15.9. The smallest absolute Gasteiger partial charge is 0.135 e. The average Bonchev–Trinajstić information content (AvgIpc) is 2.18. The van der Waals surface area contributed by atoms with Gasteiger partial charge >= 0.3 is 0 Å². The molecule has 0 unspecified atom stereocenters. The van der Waals surface area contributed by atoms with Crippen LogP contribution in [0.3, 0.4) is 0 Å². The van der Waals surface area contributed by atoms with Crippen molar-refractivity contribution in [2.45, 2.75) is 157 Å². The minimum Gasteiger partial charge on any atom is -0.509 e. The summed E-state index contributed by atoms with van der Waals surface area (Å²) in [5, 5.41) is 2.19. The first-order chi connectivity index (χ1) is 39.2. The Morgan fingerprint density at radius 2 is 1.01 bits per heavy atom. The first-order valence-electron chi connectivity index (χ1n) is 29.9. The number of rotatable bonds is 12. The molecule has 11 rings (SSSR count). The molecule has 0 radical (unpaired) electrons. The van der Waals surface area contributed by atoms with Gasteiger partial charge in [-0.05, 0) is 132 Å². The number of hydrogen-bond acceptors (Lipinski definition) is 4. The molecule has 1 aliphatic rings. The van der Waals surface area contributed by atoms with E-state index >= 15 is 0 Å². The van der Waals surface area contributed by atoms with Crippen LogP contribution >= 0.6 is 0 Å². The molecule has 0 spiro atoms. The fraction of sp³-hybridized carbons (Fsp3) is 0.308. The van der Waals surface area contributed by atoms with Gasteiger partial charge in [0.2, 0.25) is 0 Å². The fourth-order valence-corrected chi connectivity index (χ4v) is 12.1. The minimum absolute atomic E-state index is 0. The van der Waals surface area contributed by atoms with Crippen LogP contribution in [-0.2, 0) is 48.1 Å². The van der Waals surface area contributed by atoms with Crippen LogP contribution < -0.4 is 14.5 Å². The SMILES string of the molecule is CC(C)c1cccc(C(C)C)c1-c1cc(Oc2[c-]c3c(cc2)c2ccc(C(C)(C)c4ccccc4)cc2n3-c2cc(C(C)(C)c3ccccc3)ccn2)[c-]c(N2[CH-]N(c3cc(C(C)(C)C)cc(C(C)(C)C)c3)c3cc(C(C)(C)C)ccc32)c1.[Pt]. The first kappa shape index (κ1) is 59.9. The second-order valence-electron chi connectivity index (χ2n) is 28.0. The third kappa shape index (κ3) is 11.3. The van der Waals surface area contributed by atoms with Gasteiger partial charge < -0.3 is 19.1 Å². The molecule has 0 fully saturated rings. The monoisotopic (exact) mass is 1290 g/mol. The van der Waals surface area contributed by atoms with Gasteiger partial charge in [-0.2, -0.15) is 6.07 Å². The molecular weight excluding hydrogens is 1200 g/mol. The molecule has 6 heteroatoms. The molecule has 10 aromatic rings. The summed E-state index contributed by atoms with van der Waals surface area (Å²) in [6.07, 6.45) is 1.96. The normalized spacial score (nSPS) is 13.3. The van der Waals surface area contributed by atoms with Gasteiger partial charge in [0.05, 0.1) is 0 Å². The van der Waals surface area contributed by atoms with Gasteiger partial charge in [0.25, 0.3) is 0 Å². The molecule has 0 bridgehead atoms. The second kappa shape index (κ2) is 22.3. The Hall–Kier alpha value is -7.20. The van der Waals surface area contributed by atoms with Gasteiger partial charge in [-0.3, -0.25) is 0 Å². The topological polar surface area (TPSA) is 33.5 Å². The molecule has 84 heavy (non-hydrogen) atoms. The zero-order valence-electron chi connectivity index (χ0n) is 52.5. The molecule has 0 saturated heterocycles. The number of pyridine rings is 1. The van der Waals surface area contributed by atoms with E-state index in [1.165, 1.54) is 55.6 Å². The molecule has 5 nitrogen and oxygen atoms in total. The van der Waals surface area contributed by atoms with E-state index in [0.717, 1.165) is 55.9 Å². The molecule has 0 amide bonds. The fourth-order valence-electron chi connectivity index (χ4n) is 12.1. The van der Waals surface area contributed by atoms with E-state index in [1.54, 1.807) is 0 Å². The summed E-state index contributed by atoms with van der Waals surface area (Å²) in [6.45, 7) is 41.4. The predicted molar refractivity (Wildman–Crippen MR) is 351 cm³/mol. The molecule has 2 aromatic heterocycles. The van der Waals surface area contributed by atoms with Crippen LogP contribution in [0.5, 0.6) is 11.5 Å². The van der Waals surface area contributed by atoms with E-state index in [0.29, 0.717) is 11.5 Å². The Balaban J connectivity index is 0.00000786. The second-order valence-corrected chi connectivity index (χ2v) is 28.0. The van der Waals surface area contributed by atoms with Crippen molar-refractivity contribution >= 4 is 44.6 Å². The van der Waals surface area contributed by atoms with Crippen LogP contribution in [-0.4, -0.2) is 9.55 Å². The number of ether oxygens (including phenoxy) is 1. The van der Waals surface area contributed by atoms with E-state index < -0.39 is 0 Å². The summed E-state index contributed by atoms with van der Waals surface area (Å²) >= 11 is 0. The summed E-state index contributed by atoms with van der Waals surface area (Å²) in [5.74, 6) is 2.57. The van der Waals surface area contributed by atoms with Crippen LogP contribution in [0.1, 0.15) is 180 Å². The maximum atomic E-state index is 7.28. The third-order valence-electron chi connectivity index (χ3n) is 17.6. The molecule has 1 aliphatic heterocycles. The largest absolute Gasteiger partial charge is 0.509 e. The summed E-state index contributed by atoms with van der Waals surface area (Å²) in [4.78, 5) is 9.90. The van der Waals surface area contributed by atoms with Crippen LogP contribution in [0.25, 0.3) is 38.8 Å². The van der Waals surface area contributed by atoms with Crippen molar-refractivity contribution in [1.82, 2.24) is 9.55 Å². The van der Waals surface area contributed by atoms with E-state index in [-0.39, 0.29) is 60.0 Å². The summed E-state index contributed by atoms with van der Waals surface area (Å²) in [6, 6.07) is 70.4. The Morgan fingerprint density at radius 3 is 1.58 bits per heavy atom. The number of hydrogen-bond donors (Lipinski definition) is 0. The number of anilines is 4. The number of fused-ring (bicyclic) bond motifs is 4. The predicted octanol–water partition coefficient (Wildman–Crippen LogP) is 21.4. The molecule has 0 N–H and O–H groups in total. The van der Waals surface area contributed by atoms with Crippen molar-refractivity contribution in [2.24, 2.45) is 0 Å². The van der Waals surface area contributed by atoms with Crippen molar-refractivity contribution in [1.29, 1.82) is 0 Å². The first-order valence-corrected chi connectivity index (χ1v) is 29.9. The van der Waals surface area contributed by atoms with Crippen LogP contribution in [0, 0.1) is 18.8 Å². The standard InChI is InChI=1S/C78H83N4O.Pt/c1-50(2)64-29-24-30-65(51(3)4)73(64)52-39-60(80-49-81(71-44-55(74(5,6)7)32-36-68(71)80)61-42-58(75(8,9)10)41-59(43-61)76(11,12)13)47-63(40-52)83-62-33-35-67-66-34-31-56(77(14,15)53-25-20-18-21-26-53)45-69(66)82(70(67)48-62)72-46-57(37-38-79-72)78(16,17)54-27-22-19-23-28-54;/h18-46,49-51H,1-17H3;/q-3;. The van der Waals surface area contributed by atoms with Crippen molar-refractivity contribution in [3.05, 3.63) is 245 Å². The average molecular weight is 1290 g/mol. The van der Waals surface area contributed by atoms with E-state index in [4.69, 9.17) is 9.72 Å². The van der Waals surface area contributed by atoms with Gasteiger partial charge in [0.15, 0.2) is 0 Å².